The second-order valence-corrected chi connectivity index (χ2v) is 5.88. The molecule has 1 aromatic heterocycles. The van der Waals surface area contributed by atoms with E-state index in [1.807, 2.05) is 6.20 Å². The van der Waals surface area contributed by atoms with Crippen LogP contribution in [0.2, 0.25) is 0 Å². The van der Waals surface area contributed by atoms with Gasteiger partial charge in [-0.2, -0.15) is 0 Å². The maximum Gasteiger partial charge on any atom is 0.136 e. The van der Waals surface area contributed by atoms with E-state index in [4.69, 9.17) is 4.74 Å². The van der Waals surface area contributed by atoms with Crippen LogP contribution in [0.3, 0.4) is 0 Å². The van der Waals surface area contributed by atoms with Crippen LogP contribution in [0.25, 0.3) is 10.8 Å². The van der Waals surface area contributed by atoms with Crippen LogP contribution in [0.15, 0.2) is 30.5 Å². The Hall–Kier alpha value is -1.85. The van der Waals surface area contributed by atoms with Gasteiger partial charge in [-0.15, -0.1) is 0 Å². The predicted octanol–water partition coefficient (Wildman–Crippen LogP) is 1.48. The molecule has 0 unspecified atom stereocenters. The van der Waals surface area contributed by atoms with Gasteiger partial charge < -0.3 is 19.9 Å². The first-order valence-corrected chi connectivity index (χ1v) is 8.09. The molecule has 2 aromatic rings. The van der Waals surface area contributed by atoms with Gasteiger partial charge in [0.15, 0.2) is 0 Å². The summed E-state index contributed by atoms with van der Waals surface area (Å²) in [6.45, 7) is 7.67. The third kappa shape index (κ3) is 2.62. The summed E-state index contributed by atoms with van der Waals surface area (Å²) in [5, 5.41) is 5.93. The zero-order chi connectivity index (χ0) is 14.8. The molecular weight excluding hydrogens is 276 g/mol. The van der Waals surface area contributed by atoms with Gasteiger partial charge in [0.25, 0.3) is 0 Å². The molecule has 1 N–H and O–H groups in total. The fraction of sp³-hybridized carbons (Fsp3) is 0.471. The Bertz CT molecular complexity index is 648. The molecule has 22 heavy (non-hydrogen) atoms. The van der Waals surface area contributed by atoms with E-state index >= 15 is 0 Å². The molecule has 5 nitrogen and oxygen atoms in total. The van der Waals surface area contributed by atoms with Crippen molar-refractivity contribution in [2.24, 2.45) is 0 Å². The van der Waals surface area contributed by atoms with Crippen LogP contribution in [-0.4, -0.2) is 57.5 Å². The third-order valence-corrected chi connectivity index (χ3v) is 4.52. The highest BCUT2D eigenvalue weighted by atomic mass is 16.5. The van der Waals surface area contributed by atoms with Gasteiger partial charge in [0.1, 0.15) is 5.82 Å². The fourth-order valence-electron chi connectivity index (χ4n) is 3.29. The Morgan fingerprint density at radius 1 is 0.955 bits per heavy atom. The molecule has 0 bridgehead atoms. The van der Waals surface area contributed by atoms with Gasteiger partial charge >= 0.3 is 0 Å². The van der Waals surface area contributed by atoms with Crippen molar-refractivity contribution in [2.45, 2.75) is 0 Å². The number of benzene rings is 1. The number of hydrogen-bond donors (Lipinski definition) is 1. The Balaban J connectivity index is 1.72. The lowest BCUT2D eigenvalue weighted by atomic mass is 10.1. The minimum Gasteiger partial charge on any atom is -0.378 e. The summed E-state index contributed by atoms with van der Waals surface area (Å²) in [4.78, 5) is 9.46. The first-order chi connectivity index (χ1) is 10.9. The third-order valence-electron chi connectivity index (χ3n) is 4.52. The van der Waals surface area contributed by atoms with Gasteiger partial charge in [0.2, 0.25) is 0 Å². The predicted molar refractivity (Wildman–Crippen MR) is 89.9 cm³/mol. The molecule has 0 spiro atoms. The van der Waals surface area contributed by atoms with Crippen LogP contribution in [0.4, 0.5) is 11.5 Å². The average molecular weight is 298 g/mol. The first-order valence-electron chi connectivity index (χ1n) is 8.09. The van der Waals surface area contributed by atoms with E-state index in [9.17, 15) is 0 Å². The first kappa shape index (κ1) is 13.8. The quantitative estimate of drug-likeness (QED) is 0.909. The van der Waals surface area contributed by atoms with Gasteiger partial charge in [-0.1, -0.05) is 6.07 Å². The number of ether oxygens (including phenoxy) is 1. The lowest BCUT2D eigenvalue weighted by Crippen LogP contribution is -2.44. The Labute approximate surface area is 130 Å². The minimum absolute atomic E-state index is 0.815. The van der Waals surface area contributed by atoms with E-state index in [2.05, 4.69) is 44.4 Å². The van der Waals surface area contributed by atoms with Crippen LogP contribution < -0.4 is 15.1 Å². The molecule has 0 aliphatic carbocycles. The summed E-state index contributed by atoms with van der Waals surface area (Å²) in [7, 11) is 0. The summed E-state index contributed by atoms with van der Waals surface area (Å²) < 4.78 is 5.46. The molecule has 2 aliphatic rings. The monoisotopic (exact) mass is 298 g/mol. The molecule has 0 radical (unpaired) electrons. The molecule has 116 valence electrons. The van der Waals surface area contributed by atoms with Crippen LogP contribution in [0.1, 0.15) is 0 Å². The van der Waals surface area contributed by atoms with Crippen molar-refractivity contribution in [1.29, 1.82) is 0 Å². The molecular formula is C17H22N4O. The highest BCUT2D eigenvalue weighted by molar-refractivity contribution is 5.94. The van der Waals surface area contributed by atoms with Crippen molar-refractivity contribution in [1.82, 2.24) is 10.3 Å². The number of fused-ring (bicyclic) bond motifs is 1. The van der Waals surface area contributed by atoms with E-state index in [1.54, 1.807) is 0 Å². The van der Waals surface area contributed by atoms with E-state index in [0.29, 0.717) is 0 Å². The lowest BCUT2D eigenvalue weighted by Gasteiger charge is -2.31. The van der Waals surface area contributed by atoms with Crippen molar-refractivity contribution in [2.75, 3.05) is 62.3 Å². The van der Waals surface area contributed by atoms with E-state index < -0.39 is 0 Å². The van der Waals surface area contributed by atoms with Gasteiger partial charge in [0, 0.05) is 56.5 Å². The second-order valence-electron chi connectivity index (χ2n) is 5.88. The highest BCUT2D eigenvalue weighted by Gasteiger charge is 2.16. The van der Waals surface area contributed by atoms with Crippen LogP contribution >= 0.6 is 0 Å². The molecule has 2 fully saturated rings. The standard InChI is InChI=1S/C17H22N4O/c1-2-15(20-9-11-22-12-10-20)13-16-14(1)3-4-19-17(16)21-7-5-18-6-8-21/h1-4,13,18H,5-12H2. The van der Waals surface area contributed by atoms with Crippen LogP contribution in [0.5, 0.6) is 0 Å². The number of aromatic nitrogens is 1. The van der Waals surface area contributed by atoms with Crippen LogP contribution in [0, 0.1) is 0 Å². The Morgan fingerprint density at radius 2 is 1.77 bits per heavy atom. The fourth-order valence-corrected chi connectivity index (χ4v) is 3.29. The number of hydrogen-bond acceptors (Lipinski definition) is 5. The van der Waals surface area contributed by atoms with E-state index in [0.717, 1.165) is 58.3 Å². The number of piperazine rings is 1. The highest BCUT2D eigenvalue weighted by Crippen LogP contribution is 2.29. The molecule has 0 atom stereocenters. The van der Waals surface area contributed by atoms with Crippen molar-refractivity contribution in [3.05, 3.63) is 30.5 Å². The molecule has 1 aromatic carbocycles. The lowest BCUT2D eigenvalue weighted by molar-refractivity contribution is 0.122. The Kier molecular flexibility index (Phi) is 3.83. The maximum atomic E-state index is 5.46. The number of anilines is 2. The summed E-state index contributed by atoms with van der Waals surface area (Å²) in [6.07, 6.45) is 1.92. The van der Waals surface area contributed by atoms with Gasteiger partial charge in [-0.3, -0.25) is 0 Å². The number of pyridine rings is 1. The number of nitrogens with zero attached hydrogens (tertiary/aromatic N) is 3. The SMILES string of the molecule is c1cc2ccc(N3CCOCC3)cc2c(N2CCNCC2)n1. The Morgan fingerprint density at radius 3 is 2.59 bits per heavy atom. The summed E-state index contributed by atoms with van der Waals surface area (Å²) in [6, 6.07) is 8.83. The van der Waals surface area contributed by atoms with Gasteiger partial charge in [-0.05, 0) is 23.6 Å². The molecule has 5 heteroatoms. The zero-order valence-electron chi connectivity index (χ0n) is 12.8. The topological polar surface area (TPSA) is 40.6 Å². The number of morpholine rings is 1. The molecule has 2 saturated heterocycles. The normalized spacial score (nSPS) is 19.6. The largest absolute Gasteiger partial charge is 0.378 e. The van der Waals surface area contributed by atoms with Gasteiger partial charge in [-0.25, -0.2) is 4.98 Å². The van der Waals surface area contributed by atoms with Gasteiger partial charge in [0.05, 0.1) is 13.2 Å². The van der Waals surface area contributed by atoms with Crippen molar-refractivity contribution in [3.63, 3.8) is 0 Å². The van der Waals surface area contributed by atoms with Crippen molar-refractivity contribution >= 4 is 22.3 Å². The van der Waals surface area contributed by atoms with E-state index in [-0.39, 0.29) is 0 Å². The average Bonchev–Trinajstić information content (AvgIpc) is 2.62. The molecule has 2 aliphatic heterocycles. The molecule has 4 rings (SSSR count). The second kappa shape index (κ2) is 6.10. The minimum atomic E-state index is 0.815. The molecule has 0 saturated carbocycles. The number of rotatable bonds is 2. The summed E-state index contributed by atoms with van der Waals surface area (Å²) >= 11 is 0. The van der Waals surface area contributed by atoms with E-state index in [1.165, 1.54) is 16.5 Å². The van der Waals surface area contributed by atoms with Crippen molar-refractivity contribution < 1.29 is 4.74 Å². The summed E-state index contributed by atoms with van der Waals surface area (Å²) in [5.74, 6) is 1.12. The molecule has 0 amide bonds. The van der Waals surface area contributed by atoms with Crippen LogP contribution in [-0.2, 0) is 4.74 Å². The zero-order valence-corrected chi connectivity index (χ0v) is 12.8. The van der Waals surface area contributed by atoms with Crippen molar-refractivity contribution in [3.8, 4) is 0 Å². The maximum absolute atomic E-state index is 5.46. The number of nitrogens with one attached hydrogen (secondary N) is 1. The molecule has 3 heterocycles. The smallest absolute Gasteiger partial charge is 0.136 e. The summed E-state index contributed by atoms with van der Waals surface area (Å²) in [5.41, 5.74) is 1.28.